The fraction of sp³-hybridized carbons (Fsp3) is 0.278. The minimum Gasteiger partial charge on any atom is -0.481 e. The largest absolute Gasteiger partial charge is 0.481 e. The topological polar surface area (TPSA) is 93.6 Å². The summed E-state index contributed by atoms with van der Waals surface area (Å²) < 4.78 is 10.7. The Hall–Kier alpha value is -2.87. The predicted octanol–water partition coefficient (Wildman–Crippen LogP) is 3.36. The van der Waals surface area contributed by atoms with Gasteiger partial charge in [-0.1, -0.05) is 6.07 Å². The minimum atomic E-state index is -0.856. The van der Waals surface area contributed by atoms with Gasteiger partial charge in [-0.3, -0.25) is 4.79 Å². The van der Waals surface area contributed by atoms with Crippen molar-refractivity contribution in [3.8, 4) is 11.5 Å². The van der Waals surface area contributed by atoms with Crippen LogP contribution < -0.4 is 14.8 Å². The van der Waals surface area contributed by atoms with Crippen LogP contribution in [0.2, 0.25) is 0 Å². The predicted molar refractivity (Wildman–Crippen MR) is 98.0 cm³/mol. The number of nitrogens with zero attached hydrogens (tertiary/aromatic N) is 2. The average molecular weight is 371 g/mol. The number of carboxylic acids is 1. The number of carboxylic acid groups (broad SMARTS) is 1. The number of thiophene rings is 1. The summed E-state index contributed by atoms with van der Waals surface area (Å²) in [6, 6.07) is 7.85. The van der Waals surface area contributed by atoms with Gasteiger partial charge < -0.3 is 19.9 Å². The van der Waals surface area contributed by atoms with E-state index in [-0.39, 0.29) is 13.2 Å². The first kappa shape index (κ1) is 16.6. The van der Waals surface area contributed by atoms with E-state index in [4.69, 9.17) is 14.6 Å². The van der Waals surface area contributed by atoms with Crippen LogP contribution >= 0.6 is 11.3 Å². The first-order valence-electron chi connectivity index (χ1n) is 8.20. The summed E-state index contributed by atoms with van der Waals surface area (Å²) in [6.45, 7) is 2.83. The molecule has 1 aromatic carbocycles. The Labute approximate surface area is 153 Å². The van der Waals surface area contributed by atoms with Crippen molar-refractivity contribution in [3.63, 3.8) is 0 Å². The van der Waals surface area contributed by atoms with Gasteiger partial charge in [0.1, 0.15) is 16.5 Å². The summed E-state index contributed by atoms with van der Waals surface area (Å²) in [5.41, 5.74) is 1.04. The number of anilines is 1. The van der Waals surface area contributed by atoms with Crippen LogP contribution in [0.4, 0.5) is 5.82 Å². The number of hydrogen-bond acceptors (Lipinski definition) is 7. The van der Waals surface area contributed by atoms with Crippen LogP contribution in [0.15, 0.2) is 24.3 Å². The van der Waals surface area contributed by atoms with Gasteiger partial charge in [-0.05, 0) is 30.7 Å². The third-order valence-corrected chi connectivity index (χ3v) is 4.97. The minimum absolute atomic E-state index is 0.0114. The smallest absolute Gasteiger partial charge is 0.303 e. The van der Waals surface area contributed by atoms with Crippen LogP contribution in [-0.4, -0.2) is 27.8 Å². The zero-order chi connectivity index (χ0) is 18.1. The van der Waals surface area contributed by atoms with Gasteiger partial charge in [0.15, 0.2) is 11.5 Å². The zero-order valence-electron chi connectivity index (χ0n) is 14.1. The molecule has 26 heavy (non-hydrogen) atoms. The van der Waals surface area contributed by atoms with E-state index in [0.717, 1.165) is 38.0 Å². The van der Waals surface area contributed by atoms with Crippen LogP contribution in [0.3, 0.4) is 0 Å². The Balaban J connectivity index is 1.58. The molecule has 0 amide bonds. The van der Waals surface area contributed by atoms with Crippen molar-refractivity contribution < 1.29 is 19.4 Å². The molecule has 2 aromatic heterocycles. The number of carbonyl (C=O) groups is 1. The standard InChI is InChI=1S/C18H17N3O4S/c1-10-6-12-17(20-15(4-5-16(22)23)21-18(12)26-10)19-8-11-2-3-13-14(7-11)25-9-24-13/h2-3,6-7H,4-5,8-9H2,1H3,(H,22,23)(H,19,20,21). The van der Waals surface area contributed by atoms with Gasteiger partial charge in [0, 0.05) is 17.8 Å². The number of aliphatic carboxylic acids is 1. The van der Waals surface area contributed by atoms with Crippen LogP contribution in [0.5, 0.6) is 11.5 Å². The van der Waals surface area contributed by atoms with Gasteiger partial charge in [-0.2, -0.15) is 0 Å². The number of rotatable bonds is 6. The quantitative estimate of drug-likeness (QED) is 0.686. The summed E-state index contributed by atoms with van der Waals surface area (Å²) in [4.78, 5) is 21.9. The van der Waals surface area contributed by atoms with Crippen molar-refractivity contribution >= 4 is 33.3 Å². The second-order valence-corrected chi connectivity index (χ2v) is 7.23. The first-order chi connectivity index (χ1) is 12.6. The van der Waals surface area contributed by atoms with E-state index in [2.05, 4.69) is 15.3 Å². The van der Waals surface area contributed by atoms with E-state index in [1.54, 1.807) is 11.3 Å². The van der Waals surface area contributed by atoms with Crippen molar-refractivity contribution in [1.29, 1.82) is 0 Å². The van der Waals surface area contributed by atoms with Crippen molar-refractivity contribution in [1.82, 2.24) is 9.97 Å². The van der Waals surface area contributed by atoms with Crippen molar-refractivity contribution in [2.45, 2.75) is 26.3 Å². The van der Waals surface area contributed by atoms with Crippen molar-refractivity contribution in [3.05, 3.63) is 40.5 Å². The Morgan fingerprint density at radius 3 is 2.96 bits per heavy atom. The summed E-state index contributed by atoms with van der Waals surface area (Å²) in [5, 5.41) is 13.2. The molecule has 4 rings (SSSR count). The van der Waals surface area contributed by atoms with E-state index in [0.29, 0.717) is 18.8 Å². The molecule has 1 aliphatic heterocycles. The highest BCUT2D eigenvalue weighted by atomic mass is 32.1. The SMILES string of the molecule is Cc1cc2c(NCc3ccc4c(c3)OCO4)nc(CCC(=O)O)nc2s1. The van der Waals surface area contributed by atoms with E-state index in [9.17, 15) is 4.79 Å². The zero-order valence-corrected chi connectivity index (χ0v) is 14.9. The summed E-state index contributed by atoms with van der Waals surface area (Å²) in [7, 11) is 0. The number of aryl methyl sites for hydroxylation is 2. The van der Waals surface area contributed by atoms with Crippen LogP contribution in [0.25, 0.3) is 10.2 Å². The molecule has 7 nitrogen and oxygen atoms in total. The second kappa shape index (κ2) is 6.80. The van der Waals surface area contributed by atoms with E-state index in [1.165, 1.54) is 0 Å². The van der Waals surface area contributed by atoms with Gasteiger partial charge in [-0.25, -0.2) is 9.97 Å². The Morgan fingerprint density at radius 1 is 1.27 bits per heavy atom. The lowest BCUT2D eigenvalue weighted by molar-refractivity contribution is -0.137. The molecule has 0 spiro atoms. The van der Waals surface area contributed by atoms with Crippen LogP contribution in [0.1, 0.15) is 22.7 Å². The van der Waals surface area contributed by atoms with Crippen LogP contribution in [-0.2, 0) is 17.8 Å². The van der Waals surface area contributed by atoms with Crippen molar-refractivity contribution in [2.24, 2.45) is 0 Å². The molecular weight excluding hydrogens is 354 g/mol. The molecule has 0 saturated carbocycles. The molecule has 0 radical (unpaired) electrons. The first-order valence-corrected chi connectivity index (χ1v) is 9.01. The lowest BCUT2D eigenvalue weighted by Crippen LogP contribution is -2.06. The number of hydrogen-bond donors (Lipinski definition) is 2. The third-order valence-electron chi connectivity index (χ3n) is 4.02. The molecule has 0 atom stereocenters. The maximum Gasteiger partial charge on any atom is 0.303 e. The van der Waals surface area contributed by atoms with Crippen molar-refractivity contribution in [2.75, 3.05) is 12.1 Å². The maximum absolute atomic E-state index is 10.8. The van der Waals surface area contributed by atoms with Gasteiger partial charge in [0.25, 0.3) is 0 Å². The highest BCUT2D eigenvalue weighted by Gasteiger charge is 2.15. The summed E-state index contributed by atoms with van der Waals surface area (Å²) >= 11 is 1.58. The maximum atomic E-state index is 10.8. The molecule has 3 aromatic rings. The highest BCUT2D eigenvalue weighted by Crippen LogP contribution is 2.33. The Kier molecular flexibility index (Phi) is 4.34. The number of nitrogens with one attached hydrogen (secondary N) is 1. The number of ether oxygens (including phenoxy) is 2. The molecule has 8 heteroatoms. The molecule has 0 fully saturated rings. The third kappa shape index (κ3) is 3.41. The molecule has 3 heterocycles. The molecular formula is C18H17N3O4S. The molecule has 2 N–H and O–H groups in total. The molecule has 134 valence electrons. The van der Waals surface area contributed by atoms with Gasteiger partial charge in [-0.15, -0.1) is 11.3 Å². The fourth-order valence-electron chi connectivity index (χ4n) is 2.79. The highest BCUT2D eigenvalue weighted by molar-refractivity contribution is 7.18. The fourth-order valence-corrected chi connectivity index (χ4v) is 3.69. The van der Waals surface area contributed by atoms with E-state index in [1.807, 2.05) is 31.2 Å². The lowest BCUT2D eigenvalue weighted by Gasteiger charge is -2.09. The summed E-state index contributed by atoms with van der Waals surface area (Å²) in [6.07, 6.45) is 0.318. The van der Waals surface area contributed by atoms with Crippen LogP contribution in [0, 0.1) is 6.92 Å². The Morgan fingerprint density at radius 2 is 2.12 bits per heavy atom. The summed E-state index contributed by atoms with van der Waals surface area (Å²) in [5.74, 6) is 1.89. The molecule has 0 aliphatic carbocycles. The number of fused-ring (bicyclic) bond motifs is 2. The monoisotopic (exact) mass is 371 g/mol. The molecule has 0 saturated heterocycles. The van der Waals surface area contributed by atoms with Gasteiger partial charge in [0.05, 0.1) is 11.8 Å². The molecule has 0 bridgehead atoms. The van der Waals surface area contributed by atoms with Gasteiger partial charge in [0.2, 0.25) is 6.79 Å². The number of benzene rings is 1. The number of aromatic nitrogens is 2. The van der Waals surface area contributed by atoms with E-state index >= 15 is 0 Å². The normalized spacial score (nSPS) is 12.5. The van der Waals surface area contributed by atoms with Gasteiger partial charge >= 0.3 is 5.97 Å². The molecule has 1 aliphatic rings. The molecule has 0 unspecified atom stereocenters. The second-order valence-electron chi connectivity index (χ2n) is 6.00. The lowest BCUT2D eigenvalue weighted by atomic mass is 10.2. The Bertz CT molecular complexity index is 986. The van der Waals surface area contributed by atoms with E-state index < -0.39 is 5.97 Å². The average Bonchev–Trinajstić information content (AvgIpc) is 3.22.